The molecule has 0 aliphatic carbocycles. The molecule has 29 heavy (non-hydrogen) atoms. The fourth-order valence-electron chi connectivity index (χ4n) is 3.29. The Balaban J connectivity index is 1.57. The first-order valence-corrected chi connectivity index (χ1v) is 11.5. The molecule has 1 fully saturated rings. The highest BCUT2D eigenvalue weighted by molar-refractivity contribution is 7.88. The molecule has 156 valence electrons. The number of piperidine rings is 1. The van der Waals surface area contributed by atoms with Gasteiger partial charge in [-0.2, -0.15) is 0 Å². The lowest BCUT2D eigenvalue weighted by Gasteiger charge is -2.30. The Hall–Kier alpha value is -1.80. The van der Waals surface area contributed by atoms with Gasteiger partial charge in [0.2, 0.25) is 15.9 Å². The summed E-state index contributed by atoms with van der Waals surface area (Å²) in [6, 6.07) is 11.9. The van der Waals surface area contributed by atoms with Crippen LogP contribution in [0.1, 0.15) is 18.4 Å². The fourth-order valence-corrected chi connectivity index (χ4v) is 5.42. The molecule has 6 nitrogen and oxygen atoms in total. The number of amides is 1. The van der Waals surface area contributed by atoms with Gasteiger partial charge in [-0.05, 0) is 42.7 Å². The minimum atomic E-state index is -3.49. The molecule has 1 aliphatic heterocycles. The molecular formula is C20H22Cl2N2O4S. The third-order valence-electron chi connectivity index (χ3n) is 4.93. The van der Waals surface area contributed by atoms with Gasteiger partial charge in [0.05, 0.1) is 17.9 Å². The number of carbonyl (C=O) groups is 1. The first-order valence-electron chi connectivity index (χ1n) is 9.16. The van der Waals surface area contributed by atoms with Gasteiger partial charge in [-0.15, -0.1) is 0 Å². The molecule has 9 heteroatoms. The van der Waals surface area contributed by atoms with Crippen LogP contribution in [-0.2, 0) is 20.6 Å². The van der Waals surface area contributed by atoms with Gasteiger partial charge in [-0.1, -0.05) is 41.4 Å². The van der Waals surface area contributed by atoms with Gasteiger partial charge in [0.15, 0.2) is 0 Å². The lowest BCUT2D eigenvalue weighted by molar-refractivity contribution is -0.120. The van der Waals surface area contributed by atoms with E-state index in [4.69, 9.17) is 27.9 Å². The van der Waals surface area contributed by atoms with Gasteiger partial charge in [-0.3, -0.25) is 4.79 Å². The lowest BCUT2D eigenvalue weighted by Crippen LogP contribution is -2.41. The average Bonchev–Trinajstić information content (AvgIpc) is 2.70. The number of halogens is 2. The van der Waals surface area contributed by atoms with Crippen LogP contribution >= 0.6 is 23.2 Å². The van der Waals surface area contributed by atoms with E-state index in [-0.39, 0.29) is 17.6 Å². The van der Waals surface area contributed by atoms with Gasteiger partial charge in [0, 0.05) is 29.7 Å². The summed E-state index contributed by atoms with van der Waals surface area (Å²) in [5.41, 5.74) is 1.15. The summed E-state index contributed by atoms with van der Waals surface area (Å²) in [4.78, 5) is 12.6. The number of nitrogens with zero attached hydrogens (tertiary/aromatic N) is 1. The molecule has 1 amide bonds. The standard InChI is InChI=1S/C20H22Cl2N2O4S/c1-28-19-7-6-16(12-18(19)22)23-20(25)14-8-10-24(11-9-14)29(26,27)13-15-4-2-3-5-17(15)21/h2-7,12,14H,8-11,13H2,1H3,(H,23,25). The molecule has 0 saturated carbocycles. The highest BCUT2D eigenvalue weighted by atomic mass is 35.5. The van der Waals surface area contributed by atoms with Gasteiger partial charge < -0.3 is 10.1 Å². The van der Waals surface area contributed by atoms with Crippen LogP contribution in [0.4, 0.5) is 5.69 Å². The van der Waals surface area contributed by atoms with E-state index in [0.717, 1.165) is 0 Å². The van der Waals surface area contributed by atoms with Crippen LogP contribution in [0.25, 0.3) is 0 Å². The summed E-state index contributed by atoms with van der Waals surface area (Å²) in [5, 5.41) is 3.68. The van der Waals surface area contributed by atoms with E-state index in [1.54, 1.807) is 42.5 Å². The molecule has 0 bridgehead atoms. The molecule has 1 heterocycles. The first kappa shape index (κ1) is 21.9. The topological polar surface area (TPSA) is 75.7 Å². The SMILES string of the molecule is COc1ccc(NC(=O)C2CCN(S(=O)(=O)Cc3ccccc3Cl)CC2)cc1Cl. The fraction of sp³-hybridized carbons (Fsp3) is 0.350. The van der Waals surface area contributed by atoms with Crippen molar-refractivity contribution >= 4 is 44.8 Å². The number of rotatable bonds is 6. The molecule has 3 rings (SSSR count). The lowest BCUT2D eigenvalue weighted by atomic mass is 9.97. The maximum absolute atomic E-state index is 12.7. The van der Waals surface area contributed by atoms with E-state index in [2.05, 4.69) is 5.32 Å². The second-order valence-corrected chi connectivity index (χ2v) is 9.64. The quantitative estimate of drug-likeness (QED) is 0.706. The number of sulfonamides is 1. The predicted molar refractivity (Wildman–Crippen MR) is 115 cm³/mol. The summed E-state index contributed by atoms with van der Waals surface area (Å²) >= 11 is 12.2. The van der Waals surface area contributed by atoms with Crippen molar-refractivity contribution in [3.8, 4) is 5.75 Å². The van der Waals surface area contributed by atoms with E-state index >= 15 is 0 Å². The summed E-state index contributed by atoms with van der Waals surface area (Å²) in [7, 11) is -1.97. The predicted octanol–water partition coefficient (Wildman–Crippen LogP) is 4.18. The molecule has 1 N–H and O–H groups in total. The van der Waals surface area contributed by atoms with E-state index in [1.807, 2.05) is 0 Å². The van der Waals surface area contributed by atoms with Gasteiger partial charge >= 0.3 is 0 Å². The Bertz CT molecular complexity index is 990. The van der Waals surface area contributed by atoms with Gasteiger partial charge in [0.25, 0.3) is 0 Å². The zero-order valence-electron chi connectivity index (χ0n) is 15.9. The monoisotopic (exact) mass is 456 g/mol. The van der Waals surface area contributed by atoms with Crippen molar-refractivity contribution in [2.24, 2.45) is 5.92 Å². The average molecular weight is 457 g/mol. The molecular weight excluding hydrogens is 435 g/mol. The summed E-state index contributed by atoms with van der Waals surface area (Å²) < 4.78 is 32.0. The van der Waals surface area contributed by atoms with Crippen LogP contribution < -0.4 is 10.1 Å². The minimum Gasteiger partial charge on any atom is -0.495 e. The first-order chi connectivity index (χ1) is 13.8. The normalized spacial score (nSPS) is 15.8. The Morgan fingerprint density at radius 2 is 1.83 bits per heavy atom. The molecule has 0 spiro atoms. The number of hydrogen-bond acceptors (Lipinski definition) is 4. The van der Waals surface area contributed by atoms with Crippen molar-refractivity contribution < 1.29 is 17.9 Å². The maximum Gasteiger partial charge on any atom is 0.227 e. The van der Waals surface area contributed by atoms with Crippen molar-refractivity contribution in [2.75, 3.05) is 25.5 Å². The summed E-state index contributed by atoms with van der Waals surface area (Å²) in [5.74, 6) is -0.0211. The van der Waals surface area contributed by atoms with Crippen molar-refractivity contribution in [2.45, 2.75) is 18.6 Å². The Kier molecular flexibility index (Phi) is 7.05. The van der Waals surface area contributed by atoms with E-state index < -0.39 is 10.0 Å². The molecule has 0 unspecified atom stereocenters. The number of benzene rings is 2. The van der Waals surface area contributed by atoms with Gasteiger partial charge in [0.1, 0.15) is 5.75 Å². The number of carbonyl (C=O) groups excluding carboxylic acids is 1. The largest absolute Gasteiger partial charge is 0.495 e. The van der Waals surface area contributed by atoms with Crippen molar-refractivity contribution in [3.63, 3.8) is 0 Å². The Morgan fingerprint density at radius 3 is 2.45 bits per heavy atom. The second kappa shape index (κ2) is 9.34. The Labute approximate surface area is 180 Å². The van der Waals surface area contributed by atoms with Crippen LogP contribution in [0.15, 0.2) is 42.5 Å². The van der Waals surface area contributed by atoms with Crippen LogP contribution in [0.5, 0.6) is 5.75 Å². The molecule has 0 aromatic heterocycles. The van der Waals surface area contributed by atoms with E-state index in [9.17, 15) is 13.2 Å². The zero-order valence-corrected chi connectivity index (χ0v) is 18.2. The number of methoxy groups -OCH3 is 1. The van der Waals surface area contributed by atoms with E-state index in [1.165, 1.54) is 11.4 Å². The second-order valence-electron chi connectivity index (χ2n) is 6.86. The maximum atomic E-state index is 12.7. The molecule has 0 radical (unpaired) electrons. The summed E-state index contributed by atoms with van der Waals surface area (Å²) in [6.45, 7) is 0.600. The number of ether oxygens (including phenoxy) is 1. The number of anilines is 1. The van der Waals surface area contributed by atoms with Crippen LogP contribution in [0.2, 0.25) is 10.0 Å². The molecule has 1 saturated heterocycles. The smallest absolute Gasteiger partial charge is 0.227 e. The van der Waals surface area contributed by atoms with Crippen molar-refractivity contribution in [1.82, 2.24) is 4.31 Å². The van der Waals surface area contributed by atoms with Crippen LogP contribution in [0, 0.1) is 5.92 Å². The van der Waals surface area contributed by atoms with Crippen LogP contribution in [-0.4, -0.2) is 38.8 Å². The molecule has 1 aliphatic rings. The number of nitrogens with one attached hydrogen (secondary N) is 1. The zero-order chi connectivity index (χ0) is 21.0. The summed E-state index contributed by atoms with van der Waals surface area (Å²) in [6.07, 6.45) is 0.912. The van der Waals surface area contributed by atoms with Gasteiger partial charge in [-0.25, -0.2) is 12.7 Å². The Morgan fingerprint density at radius 1 is 1.14 bits per heavy atom. The third kappa shape index (κ3) is 5.42. The van der Waals surface area contributed by atoms with E-state index in [0.29, 0.717) is 53.0 Å². The van der Waals surface area contributed by atoms with Crippen molar-refractivity contribution in [3.05, 3.63) is 58.1 Å². The third-order valence-corrected chi connectivity index (χ3v) is 7.43. The molecule has 0 atom stereocenters. The molecule has 2 aromatic rings. The van der Waals surface area contributed by atoms with Crippen LogP contribution in [0.3, 0.4) is 0 Å². The molecule has 2 aromatic carbocycles. The number of hydrogen-bond donors (Lipinski definition) is 1. The minimum absolute atomic E-state index is 0.144. The highest BCUT2D eigenvalue weighted by Gasteiger charge is 2.31. The van der Waals surface area contributed by atoms with Crippen molar-refractivity contribution in [1.29, 1.82) is 0 Å². The highest BCUT2D eigenvalue weighted by Crippen LogP contribution is 2.29.